The summed E-state index contributed by atoms with van der Waals surface area (Å²) in [6.45, 7) is 6.87. The Morgan fingerprint density at radius 2 is 2.38 bits per heavy atom. The first-order chi connectivity index (χ1) is 10.2. The van der Waals surface area contributed by atoms with E-state index in [1.165, 1.54) is 0 Å². The van der Waals surface area contributed by atoms with Gasteiger partial charge in [-0.3, -0.25) is 4.79 Å². The van der Waals surface area contributed by atoms with Crippen molar-refractivity contribution in [2.24, 2.45) is 0 Å². The van der Waals surface area contributed by atoms with Gasteiger partial charge in [-0.2, -0.15) is 0 Å². The van der Waals surface area contributed by atoms with Crippen LogP contribution in [-0.2, 0) is 9.53 Å². The second-order valence-electron chi connectivity index (χ2n) is 5.30. The standard InChI is InChI=1S/C16H24N2O3/c1-3-7-21-14-4-5-15(12(2)9-14)18-16(19)10-13-11-20-8-6-17-13/h4-5,9,13,17H,3,6-8,10-11H2,1-2H3,(H,18,19). The molecular formula is C16H24N2O3. The van der Waals surface area contributed by atoms with E-state index >= 15 is 0 Å². The lowest BCUT2D eigenvalue weighted by Crippen LogP contribution is -2.43. The van der Waals surface area contributed by atoms with Crippen molar-refractivity contribution in [2.45, 2.75) is 32.7 Å². The first-order valence-corrected chi connectivity index (χ1v) is 7.53. The fourth-order valence-corrected chi connectivity index (χ4v) is 2.26. The Hall–Kier alpha value is -1.59. The van der Waals surface area contributed by atoms with Crippen LogP contribution in [0.2, 0.25) is 0 Å². The molecule has 0 spiro atoms. The molecule has 0 radical (unpaired) electrons. The van der Waals surface area contributed by atoms with E-state index in [4.69, 9.17) is 9.47 Å². The van der Waals surface area contributed by atoms with Crippen molar-refractivity contribution in [2.75, 3.05) is 31.7 Å². The molecule has 21 heavy (non-hydrogen) atoms. The van der Waals surface area contributed by atoms with E-state index in [1.807, 2.05) is 25.1 Å². The Bertz CT molecular complexity index is 471. The van der Waals surface area contributed by atoms with Gasteiger partial charge in [0.1, 0.15) is 5.75 Å². The minimum absolute atomic E-state index is 0.00308. The minimum atomic E-state index is 0.00308. The number of anilines is 1. The zero-order valence-corrected chi connectivity index (χ0v) is 12.8. The van der Waals surface area contributed by atoms with Crippen LogP contribution in [0.4, 0.5) is 5.69 Å². The van der Waals surface area contributed by atoms with Gasteiger partial charge in [0.2, 0.25) is 5.91 Å². The van der Waals surface area contributed by atoms with Crippen molar-refractivity contribution in [3.05, 3.63) is 23.8 Å². The SMILES string of the molecule is CCCOc1ccc(NC(=O)CC2COCCN2)c(C)c1. The van der Waals surface area contributed by atoms with Crippen LogP contribution in [0.5, 0.6) is 5.75 Å². The lowest BCUT2D eigenvalue weighted by molar-refractivity contribution is -0.117. The number of aryl methyl sites for hydroxylation is 1. The van der Waals surface area contributed by atoms with Gasteiger partial charge < -0.3 is 20.1 Å². The Kier molecular flexibility index (Phi) is 6.02. The van der Waals surface area contributed by atoms with Gasteiger partial charge in [-0.25, -0.2) is 0 Å². The van der Waals surface area contributed by atoms with E-state index in [9.17, 15) is 4.79 Å². The first-order valence-electron chi connectivity index (χ1n) is 7.53. The Labute approximate surface area is 126 Å². The highest BCUT2D eigenvalue weighted by molar-refractivity contribution is 5.92. The summed E-state index contributed by atoms with van der Waals surface area (Å²) < 4.78 is 10.9. The van der Waals surface area contributed by atoms with E-state index in [-0.39, 0.29) is 11.9 Å². The van der Waals surface area contributed by atoms with Gasteiger partial charge >= 0.3 is 0 Å². The molecule has 1 aromatic rings. The second-order valence-corrected chi connectivity index (χ2v) is 5.30. The zero-order valence-electron chi connectivity index (χ0n) is 12.8. The van der Waals surface area contributed by atoms with Crippen molar-refractivity contribution in [1.82, 2.24) is 5.32 Å². The summed E-state index contributed by atoms with van der Waals surface area (Å²) >= 11 is 0. The number of ether oxygens (including phenoxy) is 2. The van der Waals surface area contributed by atoms with E-state index < -0.39 is 0 Å². The molecule has 116 valence electrons. The van der Waals surface area contributed by atoms with Crippen LogP contribution in [0.3, 0.4) is 0 Å². The molecule has 2 rings (SSSR count). The van der Waals surface area contributed by atoms with Crippen LogP contribution in [0, 0.1) is 6.92 Å². The second kappa shape index (κ2) is 8.00. The summed E-state index contributed by atoms with van der Waals surface area (Å²) in [6, 6.07) is 5.84. The van der Waals surface area contributed by atoms with E-state index in [1.54, 1.807) is 0 Å². The highest BCUT2D eigenvalue weighted by atomic mass is 16.5. The lowest BCUT2D eigenvalue weighted by Gasteiger charge is -2.23. The lowest BCUT2D eigenvalue weighted by atomic mass is 10.1. The normalized spacial score (nSPS) is 18.3. The average Bonchev–Trinajstić information content (AvgIpc) is 2.48. The molecule has 1 saturated heterocycles. The predicted octanol–water partition coefficient (Wildman–Crippen LogP) is 2.10. The molecule has 1 atom stereocenters. The Morgan fingerprint density at radius 1 is 1.52 bits per heavy atom. The molecule has 0 bridgehead atoms. The summed E-state index contributed by atoms with van der Waals surface area (Å²) in [5.74, 6) is 0.845. The number of hydrogen-bond acceptors (Lipinski definition) is 4. The number of benzene rings is 1. The molecule has 1 unspecified atom stereocenters. The molecule has 0 saturated carbocycles. The number of hydrogen-bond donors (Lipinski definition) is 2. The number of rotatable bonds is 6. The molecule has 5 nitrogen and oxygen atoms in total. The van der Waals surface area contributed by atoms with Gasteiger partial charge in [0.15, 0.2) is 0 Å². The number of amides is 1. The maximum absolute atomic E-state index is 12.1. The first kappa shape index (κ1) is 15.8. The fraction of sp³-hybridized carbons (Fsp3) is 0.562. The molecule has 1 fully saturated rings. The van der Waals surface area contributed by atoms with Crippen molar-refractivity contribution >= 4 is 11.6 Å². The Balaban J connectivity index is 1.87. The molecule has 1 aliphatic rings. The molecule has 2 N–H and O–H groups in total. The van der Waals surface area contributed by atoms with Crippen LogP contribution >= 0.6 is 0 Å². The quantitative estimate of drug-likeness (QED) is 0.843. The molecule has 1 aromatic carbocycles. The monoisotopic (exact) mass is 292 g/mol. The average molecular weight is 292 g/mol. The third kappa shape index (κ3) is 5.02. The van der Waals surface area contributed by atoms with Crippen LogP contribution in [-0.4, -0.2) is 38.3 Å². The van der Waals surface area contributed by atoms with Gasteiger partial charge in [-0.1, -0.05) is 6.92 Å². The fourth-order valence-electron chi connectivity index (χ4n) is 2.26. The van der Waals surface area contributed by atoms with Gasteiger partial charge in [-0.05, 0) is 37.1 Å². The van der Waals surface area contributed by atoms with Crippen LogP contribution in [0.15, 0.2) is 18.2 Å². The van der Waals surface area contributed by atoms with Crippen molar-refractivity contribution < 1.29 is 14.3 Å². The van der Waals surface area contributed by atoms with E-state index in [0.29, 0.717) is 19.6 Å². The van der Waals surface area contributed by atoms with Crippen LogP contribution in [0.1, 0.15) is 25.3 Å². The maximum atomic E-state index is 12.1. The van der Waals surface area contributed by atoms with Crippen molar-refractivity contribution in [3.8, 4) is 5.75 Å². The highest BCUT2D eigenvalue weighted by Crippen LogP contribution is 2.21. The van der Waals surface area contributed by atoms with Crippen molar-refractivity contribution in [1.29, 1.82) is 0 Å². The molecular weight excluding hydrogens is 268 g/mol. The molecule has 5 heteroatoms. The summed E-state index contributed by atoms with van der Waals surface area (Å²) in [5, 5.41) is 6.23. The maximum Gasteiger partial charge on any atom is 0.226 e. The molecule has 0 aliphatic carbocycles. The summed E-state index contributed by atoms with van der Waals surface area (Å²) in [4.78, 5) is 12.1. The van der Waals surface area contributed by atoms with Gasteiger partial charge in [0.05, 0.1) is 19.8 Å². The smallest absolute Gasteiger partial charge is 0.226 e. The third-order valence-corrected chi connectivity index (χ3v) is 3.38. The molecule has 1 heterocycles. The molecule has 0 aromatic heterocycles. The summed E-state index contributed by atoms with van der Waals surface area (Å²) in [7, 11) is 0. The Morgan fingerprint density at radius 3 is 3.05 bits per heavy atom. The molecule has 1 amide bonds. The third-order valence-electron chi connectivity index (χ3n) is 3.38. The van der Waals surface area contributed by atoms with E-state index in [0.717, 1.165) is 36.6 Å². The number of carbonyl (C=O) groups excluding carboxylic acids is 1. The zero-order chi connectivity index (χ0) is 15.1. The van der Waals surface area contributed by atoms with Gasteiger partial charge in [0, 0.05) is 24.7 Å². The minimum Gasteiger partial charge on any atom is -0.494 e. The highest BCUT2D eigenvalue weighted by Gasteiger charge is 2.17. The predicted molar refractivity (Wildman–Crippen MR) is 82.8 cm³/mol. The molecule has 1 aliphatic heterocycles. The number of nitrogens with one attached hydrogen (secondary N) is 2. The topological polar surface area (TPSA) is 59.6 Å². The number of morpholine rings is 1. The largest absolute Gasteiger partial charge is 0.494 e. The summed E-state index contributed by atoms with van der Waals surface area (Å²) in [5.41, 5.74) is 1.84. The van der Waals surface area contributed by atoms with E-state index in [2.05, 4.69) is 17.6 Å². The van der Waals surface area contributed by atoms with Crippen LogP contribution < -0.4 is 15.4 Å². The van der Waals surface area contributed by atoms with Crippen molar-refractivity contribution in [3.63, 3.8) is 0 Å². The van der Waals surface area contributed by atoms with Gasteiger partial charge in [-0.15, -0.1) is 0 Å². The van der Waals surface area contributed by atoms with Gasteiger partial charge in [0.25, 0.3) is 0 Å². The number of carbonyl (C=O) groups is 1. The summed E-state index contributed by atoms with van der Waals surface area (Å²) in [6.07, 6.45) is 1.40. The van der Waals surface area contributed by atoms with Crippen LogP contribution in [0.25, 0.3) is 0 Å².